The summed E-state index contributed by atoms with van der Waals surface area (Å²) in [6.45, 7) is 7.13. The number of carbonyl (C=O) groups is 2. The fourth-order valence-electron chi connectivity index (χ4n) is 1.38. The first kappa shape index (κ1) is 19.2. The van der Waals surface area contributed by atoms with Crippen molar-refractivity contribution in [3.05, 3.63) is 0 Å². The molecule has 0 saturated heterocycles. The summed E-state index contributed by atoms with van der Waals surface area (Å²) in [6.07, 6.45) is -0.605. The Morgan fingerprint density at radius 3 is 2.35 bits per heavy atom. The molecule has 1 amide bonds. The van der Waals surface area contributed by atoms with Gasteiger partial charge in [-0.15, -0.1) is 0 Å². The van der Waals surface area contributed by atoms with Crippen LogP contribution in [0.15, 0.2) is 0 Å². The van der Waals surface area contributed by atoms with Gasteiger partial charge in [-0.05, 0) is 40.5 Å². The largest absolute Gasteiger partial charge is 0.464 e. The lowest BCUT2D eigenvalue weighted by Crippen LogP contribution is -2.44. The van der Waals surface area contributed by atoms with Crippen molar-refractivity contribution in [2.24, 2.45) is 0 Å². The lowest BCUT2D eigenvalue weighted by molar-refractivity contribution is -0.145. The third kappa shape index (κ3) is 9.14. The number of amides is 1. The minimum Gasteiger partial charge on any atom is -0.464 e. The number of alkyl carbamates (subject to hydrolysis) is 1. The summed E-state index contributed by atoms with van der Waals surface area (Å²) in [7, 11) is 0. The lowest BCUT2D eigenvalue weighted by atomic mass is 10.1. The predicted octanol–water partition coefficient (Wildman–Crippen LogP) is 1.98. The van der Waals surface area contributed by atoms with Gasteiger partial charge < -0.3 is 19.9 Å². The second kappa shape index (κ2) is 9.18. The van der Waals surface area contributed by atoms with Gasteiger partial charge in [-0.3, -0.25) is 0 Å². The van der Waals surface area contributed by atoms with Gasteiger partial charge in [0.15, 0.2) is 0 Å². The monoisotopic (exact) mass is 353 g/mol. The normalized spacial score (nSPS) is 14.3. The number of aliphatic hydroxyl groups excluding tert-OH is 1. The van der Waals surface area contributed by atoms with Crippen LogP contribution in [-0.2, 0) is 14.3 Å². The molecule has 0 aromatic carbocycles. The van der Waals surface area contributed by atoms with Crippen LogP contribution in [0.5, 0.6) is 0 Å². The summed E-state index contributed by atoms with van der Waals surface area (Å²) in [5, 5.41) is 12.4. The van der Waals surface area contributed by atoms with E-state index in [2.05, 4.69) is 21.2 Å². The SMILES string of the molecule is CCOC(=O)C(CCC(O)CBr)NC(=O)OC(C)(C)C. The van der Waals surface area contributed by atoms with Gasteiger partial charge in [0.1, 0.15) is 11.6 Å². The van der Waals surface area contributed by atoms with Gasteiger partial charge in [-0.25, -0.2) is 9.59 Å². The first-order chi connectivity index (χ1) is 9.19. The van der Waals surface area contributed by atoms with E-state index in [-0.39, 0.29) is 13.0 Å². The van der Waals surface area contributed by atoms with Crippen molar-refractivity contribution in [3.63, 3.8) is 0 Å². The van der Waals surface area contributed by atoms with Crippen LogP contribution in [0.2, 0.25) is 0 Å². The molecule has 118 valence electrons. The van der Waals surface area contributed by atoms with Crippen LogP contribution in [0.25, 0.3) is 0 Å². The zero-order valence-corrected chi connectivity index (χ0v) is 14.0. The average Bonchev–Trinajstić information content (AvgIpc) is 2.31. The fourth-order valence-corrected chi connectivity index (χ4v) is 1.70. The van der Waals surface area contributed by atoms with Crippen molar-refractivity contribution in [2.45, 2.75) is 58.3 Å². The number of rotatable bonds is 7. The number of esters is 1. The summed E-state index contributed by atoms with van der Waals surface area (Å²) < 4.78 is 10.00. The van der Waals surface area contributed by atoms with E-state index in [0.717, 1.165) is 0 Å². The van der Waals surface area contributed by atoms with Crippen LogP contribution in [0, 0.1) is 0 Å². The van der Waals surface area contributed by atoms with Crippen LogP contribution in [0.3, 0.4) is 0 Å². The van der Waals surface area contributed by atoms with E-state index >= 15 is 0 Å². The lowest BCUT2D eigenvalue weighted by Gasteiger charge is -2.23. The average molecular weight is 354 g/mol. The number of alkyl halides is 1. The molecule has 6 nitrogen and oxygen atoms in total. The Balaban J connectivity index is 4.52. The summed E-state index contributed by atoms with van der Waals surface area (Å²) in [4.78, 5) is 23.4. The molecular formula is C13H24BrNO5. The minimum atomic E-state index is -0.821. The van der Waals surface area contributed by atoms with Crippen molar-refractivity contribution in [3.8, 4) is 0 Å². The summed E-state index contributed by atoms with van der Waals surface area (Å²) in [5.74, 6) is -0.528. The van der Waals surface area contributed by atoms with Gasteiger partial charge in [0.05, 0.1) is 12.7 Å². The molecule has 0 radical (unpaired) electrons. The Labute approximate surface area is 128 Å². The van der Waals surface area contributed by atoms with Crippen LogP contribution >= 0.6 is 15.9 Å². The molecule has 0 aliphatic heterocycles. The number of hydrogen-bond donors (Lipinski definition) is 2. The van der Waals surface area contributed by atoms with Gasteiger partial charge in [-0.2, -0.15) is 0 Å². The van der Waals surface area contributed by atoms with E-state index in [0.29, 0.717) is 11.8 Å². The van der Waals surface area contributed by atoms with Crippen LogP contribution in [0.4, 0.5) is 4.79 Å². The fraction of sp³-hybridized carbons (Fsp3) is 0.846. The molecule has 0 spiro atoms. The van der Waals surface area contributed by atoms with E-state index in [9.17, 15) is 14.7 Å². The van der Waals surface area contributed by atoms with Crippen molar-refractivity contribution < 1.29 is 24.2 Å². The molecule has 0 saturated carbocycles. The smallest absolute Gasteiger partial charge is 0.408 e. The van der Waals surface area contributed by atoms with Gasteiger partial charge >= 0.3 is 12.1 Å². The predicted molar refractivity (Wildman–Crippen MR) is 78.8 cm³/mol. The Bertz CT molecular complexity index is 316. The van der Waals surface area contributed by atoms with Crippen LogP contribution < -0.4 is 5.32 Å². The molecule has 0 aromatic rings. The molecule has 20 heavy (non-hydrogen) atoms. The second-order valence-electron chi connectivity index (χ2n) is 5.34. The highest BCUT2D eigenvalue weighted by Gasteiger charge is 2.25. The number of aliphatic hydroxyl groups is 1. The van der Waals surface area contributed by atoms with E-state index in [1.54, 1.807) is 27.7 Å². The summed E-state index contributed by atoms with van der Waals surface area (Å²) in [5.41, 5.74) is -0.640. The first-order valence-electron chi connectivity index (χ1n) is 6.59. The van der Waals surface area contributed by atoms with E-state index in [1.807, 2.05) is 0 Å². The Morgan fingerprint density at radius 1 is 1.30 bits per heavy atom. The maximum Gasteiger partial charge on any atom is 0.408 e. The molecular weight excluding hydrogens is 330 g/mol. The molecule has 0 aliphatic rings. The van der Waals surface area contributed by atoms with E-state index < -0.39 is 29.8 Å². The van der Waals surface area contributed by atoms with Crippen molar-refractivity contribution in [1.82, 2.24) is 5.32 Å². The molecule has 2 atom stereocenters. The molecule has 0 aliphatic carbocycles. The highest BCUT2D eigenvalue weighted by molar-refractivity contribution is 9.09. The number of carbonyl (C=O) groups excluding carboxylic acids is 2. The van der Waals surface area contributed by atoms with E-state index in [1.165, 1.54) is 0 Å². The van der Waals surface area contributed by atoms with Gasteiger partial charge in [0.2, 0.25) is 0 Å². The molecule has 0 heterocycles. The Morgan fingerprint density at radius 2 is 1.90 bits per heavy atom. The summed E-state index contributed by atoms with van der Waals surface area (Å²) >= 11 is 3.15. The zero-order valence-electron chi connectivity index (χ0n) is 12.4. The highest BCUT2D eigenvalue weighted by Crippen LogP contribution is 2.10. The van der Waals surface area contributed by atoms with Crippen molar-refractivity contribution in [2.75, 3.05) is 11.9 Å². The van der Waals surface area contributed by atoms with Crippen molar-refractivity contribution >= 4 is 28.0 Å². The van der Waals surface area contributed by atoms with Crippen LogP contribution in [0.1, 0.15) is 40.5 Å². The number of ether oxygens (including phenoxy) is 2. The molecule has 0 fully saturated rings. The van der Waals surface area contributed by atoms with Gasteiger partial charge in [0, 0.05) is 5.33 Å². The number of halogens is 1. The molecule has 0 aromatic heterocycles. The molecule has 0 bridgehead atoms. The molecule has 2 N–H and O–H groups in total. The van der Waals surface area contributed by atoms with Gasteiger partial charge in [0.25, 0.3) is 0 Å². The minimum absolute atomic E-state index is 0.229. The molecule has 0 rings (SSSR count). The highest BCUT2D eigenvalue weighted by atomic mass is 79.9. The second-order valence-corrected chi connectivity index (χ2v) is 5.98. The maximum absolute atomic E-state index is 11.8. The Hall–Kier alpha value is -0.820. The zero-order chi connectivity index (χ0) is 15.8. The Kier molecular flexibility index (Phi) is 8.80. The standard InChI is InChI=1S/C13H24BrNO5/c1-5-19-11(17)10(7-6-9(16)8-14)15-12(18)20-13(2,3)4/h9-10,16H,5-8H2,1-4H3,(H,15,18). The maximum atomic E-state index is 11.8. The van der Waals surface area contributed by atoms with Crippen molar-refractivity contribution in [1.29, 1.82) is 0 Å². The third-order valence-electron chi connectivity index (χ3n) is 2.23. The van der Waals surface area contributed by atoms with Gasteiger partial charge in [-0.1, -0.05) is 15.9 Å². The molecule has 2 unspecified atom stereocenters. The quantitative estimate of drug-likeness (QED) is 0.539. The van der Waals surface area contributed by atoms with E-state index in [4.69, 9.17) is 9.47 Å². The topological polar surface area (TPSA) is 84.9 Å². The first-order valence-corrected chi connectivity index (χ1v) is 7.72. The van der Waals surface area contributed by atoms with Crippen LogP contribution in [-0.4, -0.2) is 46.9 Å². The number of nitrogens with one attached hydrogen (secondary N) is 1. The molecule has 7 heteroatoms. The number of hydrogen-bond acceptors (Lipinski definition) is 5. The summed E-state index contributed by atoms with van der Waals surface area (Å²) in [6, 6.07) is -0.821. The third-order valence-corrected chi connectivity index (χ3v) is 2.98.